The summed E-state index contributed by atoms with van der Waals surface area (Å²) < 4.78 is 5.59. The molecule has 1 aliphatic heterocycles. The topological polar surface area (TPSA) is 24.5 Å². The summed E-state index contributed by atoms with van der Waals surface area (Å²) in [5.74, 6) is 0. The van der Waals surface area contributed by atoms with Crippen molar-refractivity contribution in [1.82, 2.24) is 10.2 Å². The van der Waals surface area contributed by atoms with Crippen LogP contribution in [0.5, 0.6) is 0 Å². The van der Waals surface area contributed by atoms with Crippen LogP contribution in [0.3, 0.4) is 0 Å². The van der Waals surface area contributed by atoms with E-state index in [1.54, 1.807) is 0 Å². The third kappa shape index (κ3) is 3.52. The summed E-state index contributed by atoms with van der Waals surface area (Å²) in [6.45, 7) is 8.29. The number of ether oxygens (including phenoxy) is 1. The molecule has 3 heteroatoms. The van der Waals surface area contributed by atoms with E-state index in [0.29, 0.717) is 12.1 Å². The van der Waals surface area contributed by atoms with E-state index in [0.717, 1.165) is 26.2 Å². The summed E-state index contributed by atoms with van der Waals surface area (Å²) in [7, 11) is 2.14. The molecule has 12 heavy (non-hydrogen) atoms. The smallest absolute Gasteiger partial charge is 0.0826 e. The molecule has 0 spiro atoms. The first-order valence-electron chi connectivity index (χ1n) is 4.72. The molecule has 0 amide bonds. The van der Waals surface area contributed by atoms with Crippen molar-refractivity contribution in [2.75, 3.05) is 33.3 Å². The molecule has 1 heterocycles. The lowest BCUT2D eigenvalue weighted by Gasteiger charge is -2.30. The highest BCUT2D eigenvalue weighted by Crippen LogP contribution is 2.01. The molecule has 1 unspecified atom stereocenters. The standard InChI is InChI=1S/C9H20N2O.H2/c1-8(2)10-6-9-7-11(3)4-5-12-9;/h8-10H,4-7H2,1-3H3;1H. The lowest BCUT2D eigenvalue weighted by molar-refractivity contribution is -0.0188. The van der Waals surface area contributed by atoms with E-state index in [2.05, 4.69) is 31.1 Å². The fourth-order valence-electron chi connectivity index (χ4n) is 1.36. The minimum Gasteiger partial charge on any atom is -0.374 e. The van der Waals surface area contributed by atoms with Gasteiger partial charge in [-0.2, -0.15) is 0 Å². The zero-order chi connectivity index (χ0) is 8.97. The van der Waals surface area contributed by atoms with Gasteiger partial charge < -0.3 is 15.0 Å². The molecule has 0 bridgehead atoms. The summed E-state index contributed by atoms with van der Waals surface area (Å²) in [6.07, 6.45) is 0.381. The molecule has 0 aliphatic carbocycles. The average molecular weight is 174 g/mol. The van der Waals surface area contributed by atoms with Crippen molar-refractivity contribution >= 4 is 0 Å². The van der Waals surface area contributed by atoms with Gasteiger partial charge in [0.2, 0.25) is 0 Å². The molecule has 1 aliphatic rings. The van der Waals surface area contributed by atoms with Crippen LogP contribution in [0.25, 0.3) is 0 Å². The van der Waals surface area contributed by atoms with Crippen molar-refractivity contribution in [3.63, 3.8) is 0 Å². The van der Waals surface area contributed by atoms with E-state index >= 15 is 0 Å². The Labute approximate surface area is 76.6 Å². The molecule has 1 saturated heterocycles. The molecular weight excluding hydrogens is 152 g/mol. The Morgan fingerprint density at radius 1 is 1.67 bits per heavy atom. The van der Waals surface area contributed by atoms with Crippen LogP contribution in [0, 0.1) is 0 Å². The number of nitrogens with one attached hydrogen (secondary N) is 1. The van der Waals surface area contributed by atoms with Gasteiger partial charge >= 0.3 is 0 Å². The largest absolute Gasteiger partial charge is 0.374 e. The van der Waals surface area contributed by atoms with Crippen LogP contribution in [0.2, 0.25) is 0 Å². The summed E-state index contributed by atoms with van der Waals surface area (Å²) in [6, 6.07) is 0.556. The molecule has 0 aromatic rings. The number of morpholine rings is 1. The first-order valence-corrected chi connectivity index (χ1v) is 4.72. The first kappa shape index (κ1) is 9.96. The fourth-order valence-corrected chi connectivity index (χ4v) is 1.36. The van der Waals surface area contributed by atoms with Crippen molar-refractivity contribution in [2.24, 2.45) is 0 Å². The van der Waals surface area contributed by atoms with E-state index in [-0.39, 0.29) is 1.43 Å². The second-order valence-corrected chi connectivity index (χ2v) is 3.82. The Balaban J connectivity index is 0.00000144. The summed E-state index contributed by atoms with van der Waals surface area (Å²) in [5, 5.41) is 3.38. The molecule has 1 rings (SSSR count). The van der Waals surface area contributed by atoms with Gasteiger partial charge in [0.25, 0.3) is 0 Å². The fraction of sp³-hybridized carbons (Fsp3) is 1.00. The van der Waals surface area contributed by atoms with Crippen molar-refractivity contribution in [2.45, 2.75) is 26.0 Å². The molecular formula is C9H22N2O. The Bertz CT molecular complexity index is 133. The minimum atomic E-state index is 0. The first-order chi connectivity index (χ1) is 5.68. The van der Waals surface area contributed by atoms with Crippen LogP contribution in [0.1, 0.15) is 15.3 Å². The highest BCUT2D eigenvalue weighted by molar-refractivity contribution is 4.71. The molecule has 74 valence electrons. The molecule has 1 fully saturated rings. The third-order valence-electron chi connectivity index (χ3n) is 2.10. The van der Waals surface area contributed by atoms with Crippen molar-refractivity contribution in [1.29, 1.82) is 0 Å². The number of nitrogens with zero attached hydrogens (tertiary/aromatic N) is 1. The van der Waals surface area contributed by atoms with Gasteiger partial charge in [-0.3, -0.25) is 0 Å². The monoisotopic (exact) mass is 174 g/mol. The summed E-state index contributed by atoms with van der Waals surface area (Å²) >= 11 is 0. The van der Waals surface area contributed by atoms with E-state index in [1.807, 2.05) is 0 Å². The molecule has 1 atom stereocenters. The van der Waals surface area contributed by atoms with Crippen molar-refractivity contribution in [3.8, 4) is 0 Å². The van der Waals surface area contributed by atoms with E-state index < -0.39 is 0 Å². The van der Waals surface area contributed by atoms with Crippen LogP contribution in [-0.4, -0.2) is 50.3 Å². The van der Waals surface area contributed by atoms with E-state index in [1.165, 1.54) is 0 Å². The maximum Gasteiger partial charge on any atom is 0.0826 e. The Morgan fingerprint density at radius 3 is 3.00 bits per heavy atom. The van der Waals surface area contributed by atoms with Crippen molar-refractivity contribution in [3.05, 3.63) is 0 Å². The summed E-state index contributed by atoms with van der Waals surface area (Å²) in [4.78, 5) is 2.32. The van der Waals surface area contributed by atoms with Gasteiger partial charge in [0.05, 0.1) is 12.7 Å². The number of hydrogen-bond donors (Lipinski definition) is 1. The van der Waals surface area contributed by atoms with Gasteiger partial charge in [-0.1, -0.05) is 13.8 Å². The predicted octanol–water partition coefficient (Wildman–Crippen LogP) is 0.561. The Hall–Kier alpha value is -0.120. The van der Waals surface area contributed by atoms with Crippen LogP contribution in [0.15, 0.2) is 0 Å². The molecule has 3 nitrogen and oxygen atoms in total. The molecule has 0 saturated carbocycles. The van der Waals surface area contributed by atoms with Gasteiger partial charge in [0.1, 0.15) is 0 Å². The zero-order valence-corrected chi connectivity index (χ0v) is 8.34. The lowest BCUT2D eigenvalue weighted by Crippen LogP contribution is -2.45. The molecule has 1 N–H and O–H groups in total. The normalized spacial score (nSPS) is 26.5. The second-order valence-electron chi connectivity index (χ2n) is 3.82. The van der Waals surface area contributed by atoms with Gasteiger partial charge in [-0.25, -0.2) is 0 Å². The molecule has 0 aromatic carbocycles. The average Bonchev–Trinajstić information content (AvgIpc) is 2.01. The quantitative estimate of drug-likeness (QED) is 0.676. The predicted molar refractivity (Wildman–Crippen MR) is 52.5 cm³/mol. The maximum absolute atomic E-state index is 5.59. The highest BCUT2D eigenvalue weighted by atomic mass is 16.5. The SMILES string of the molecule is CC(C)NCC1CN(C)CCO1.[HH]. The van der Waals surface area contributed by atoms with Crippen LogP contribution in [0.4, 0.5) is 0 Å². The van der Waals surface area contributed by atoms with Gasteiger partial charge in [0.15, 0.2) is 0 Å². The van der Waals surface area contributed by atoms with Gasteiger partial charge in [-0.05, 0) is 7.05 Å². The third-order valence-corrected chi connectivity index (χ3v) is 2.10. The minimum absolute atomic E-state index is 0. The van der Waals surface area contributed by atoms with Crippen LogP contribution >= 0.6 is 0 Å². The molecule has 0 radical (unpaired) electrons. The van der Waals surface area contributed by atoms with Crippen molar-refractivity contribution < 1.29 is 6.16 Å². The summed E-state index contributed by atoms with van der Waals surface area (Å²) in [5.41, 5.74) is 0. The van der Waals surface area contributed by atoms with E-state index in [9.17, 15) is 0 Å². The number of likely N-dealkylation sites (N-methyl/N-ethyl adjacent to an activating group) is 1. The highest BCUT2D eigenvalue weighted by Gasteiger charge is 2.16. The Morgan fingerprint density at radius 2 is 2.42 bits per heavy atom. The van der Waals surface area contributed by atoms with Crippen LogP contribution < -0.4 is 5.32 Å². The Kier molecular flexibility index (Phi) is 3.98. The maximum atomic E-state index is 5.59. The second kappa shape index (κ2) is 4.80. The van der Waals surface area contributed by atoms with Gasteiger partial charge in [0, 0.05) is 27.1 Å². The number of hydrogen-bond acceptors (Lipinski definition) is 3. The van der Waals surface area contributed by atoms with Gasteiger partial charge in [-0.15, -0.1) is 0 Å². The number of rotatable bonds is 3. The molecule has 0 aromatic heterocycles. The van der Waals surface area contributed by atoms with Crippen LogP contribution in [-0.2, 0) is 4.74 Å². The lowest BCUT2D eigenvalue weighted by atomic mass is 10.2. The zero-order valence-electron chi connectivity index (χ0n) is 8.34. The van der Waals surface area contributed by atoms with E-state index in [4.69, 9.17) is 4.74 Å².